The standard InChI is InChI=1S/C18H18FN3O/c1-3-15(20-2)17-21-16-7-5-4-6-14(16)18(23)22(17)13-10-8-12(19)9-11-13/h4-11,15,20H,3H2,1-2H3. The summed E-state index contributed by atoms with van der Waals surface area (Å²) in [5.74, 6) is 0.295. The van der Waals surface area contributed by atoms with Gasteiger partial charge in [-0.3, -0.25) is 9.36 Å². The average Bonchev–Trinajstić information content (AvgIpc) is 2.57. The maximum atomic E-state index is 13.2. The van der Waals surface area contributed by atoms with Gasteiger partial charge in [0.05, 0.1) is 22.6 Å². The molecule has 0 aliphatic rings. The first-order valence-corrected chi connectivity index (χ1v) is 7.60. The van der Waals surface area contributed by atoms with Gasteiger partial charge in [0.1, 0.15) is 11.6 Å². The van der Waals surface area contributed by atoms with Crippen molar-refractivity contribution in [1.82, 2.24) is 14.9 Å². The van der Waals surface area contributed by atoms with E-state index in [0.29, 0.717) is 22.4 Å². The van der Waals surface area contributed by atoms with Gasteiger partial charge >= 0.3 is 0 Å². The highest BCUT2D eigenvalue weighted by atomic mass is 19.1. The molecule has 0 amide bonds. The molecular weight excluding hydrogens is 293 g/mol. The van der Waals surface area contributed by atoms with Gasteiger partial charge < -0.3 is 5.32 Å². The second kappa shape index (κ2) is 6.30. The predicted molar refractivity (Wildman–Crippen MR) is 89.4 cm³/mol. The number of fused-ring (bicyclic) bond motifs is 1. The van der Waals surface area contributed by atoms with Crippen molar-refractivity contribution in [3.05, 3.63) is 70.5 Å². The molecule has 1 unspecified atom stereocenters. The van der Waals surface area contributed by atoms with Gasteiger partial charge in [-0.2, -0.15) is 0 Å². The fourth-order valence-electron chi connectivity index (χ4n) is 2.74. The van der Waals surface area contributed by atoms with Crippen molar-refractivity contribution in [2.45, 2.75) is 19.4 Å². The Kier molecular flexibility index (Phi) is 4.21. The van der Waals surface area contributed by atoms with Gasteiger partial charge in [-0.1, -0.05) is 19.1 Å². The third-order valence-corrected chi connectivity index (χ3v) is 3.95. The van der Waals surface area contributed by atoms with Crippen LogP contribution in [0.3, 0.4) is 0 Å². The summed E-state index contributed by atoms with van der Waals surface area (Å²) in [7, 11) is 1.84. The van der Waals surface area contributed by atoms with E-state index in [0.717, 1.165) is 6.42 Å². The van der Waals surface area contributed by atoms with Crippen LogP contribution in [0.2, 0.25) is 0 Å². The fourth-order valence-corrected chi connectivity index (χ4v) is 2.74. The van der Waals surface area contributed by atoms with Crippen LogP contribution in [-0.4, -0.2) is 16.6 Å². The normalized spacial score (nSPS) is 12.5. The molecule has 118 valence electrons. The minimum absolute atomic E-state index is 0.0719. The SMILES string of the molecule is CCC(NC)c1nc2ccccc2c(=O)n1-c1ccc(F)cc1. The van der Waals surface area contributed by atoms with Crippen LogP contribution in [0.4, 0.5) is 4.39 Å². The molecule has 2 aromatic carbocycles. The molecule has 1 heterocycles. The number of halogens is 1. The summed E-state index contributed by atoms with van der Waals surface area (Å²) in [6.45, 7) is 2.03. The van der Waals surface area contributed by atoms with Crippen LogP contribution in [0.25, 0.3) is 16.6 Å². The van der Waals surface area contributed by atoms with E-state index in [-0.39, 0.29) is 17.4 Å². The van der Waals surface area contributed by atoms with E-state index in [4.69, 9.17) is 0 Å². The molecule has 3 rings (SSSR count). The molecular formula is C18H18FN3O. The number of aromatic nitrogens is 2. The first kappa shape index (κ1) is 15.4. The second-order valence-corrected chi connectivity index (χ2v) is 5.35. The van der Waals surface area contributed by atoms with Crippen LogP contribution in [0.1, 0.15) is 25.2 Å². The lowest BCUT2D eigenvalue weighted by Crippen LogP contribution is -2.29. The van der Waals surface area contributed by atoms with E-state index in [1.54, 1.807) is 22.8 Å². The first-order valence-electron chi connectivity index (χ1n) is 7.60. The summed E-state index contributed by atoms with van der Waals surface area (Å²) < 4.78 is 14.8. The number of nitrogens with zero attached hydrogens (tertiary/aromatic N) is 2. The molecule has 0 saturated heterocycles. The van der Waals surface area contributed by atoms with Crippen LogP contribution < -0.4 is 10.9 Å². The molecule has 23 heavy (non-hydrogen) atoms. The lowest BCUT2D eigenvalue weighted by molar-refractivity contribution is 0.529. The second-order valence-electron chi connectivity index (χ2n) is 5.35. The lowest BCUT2D eigenvalue weighted by atomic mass is 10.1. The fraction of sp³-hybridized carbons (Fsp3) is 0.222. The van der Waals surface area contributed by atoms with Crippen LogP contribution in [0.5, 0.6) is 0 Å². The first-order chi connectivity index (χ1) is 11.2. The minimum atomic E-state index is -0.335. The Labute approximate surface area is 133 Å². The molecule has 0 spiro atoms. The molecule has 4 nitrogen and oxygen atoms in total. The van der Waals surface area contributed by atoms with Crippen LogP contribution in [0.15, 0.2) is 53.3 Å². The molecule has 1 aromatic heterocycles. The number of nitrogens with one attached hydrogen (secondary N) is 1. The molecule has 0 saturated carbocycles. The quantitative estimate of drug-likeness (QED) is 0.805. The van der Waals surface area contributed by atoms with Crippen molar-refractivity contribution in [3.8, 4) is 5.69 Å². The Morgan fingerprint density at radius 2 is 1.87 bits per heavy atom. The van der Waals surface area contributed by atoms with Crippen molar-refractivity contribution in [2.75, 3.05) is 7.05 Å². The zero-order valence-electron chi connectivity index (χ0n) is 13.1. The molecule has 0 aliphatic heterocycles. The molecule has 3 aromatic rings. The molecule has 0 fully saturated rings. The van der Waals surface area contributed by atoms with Gasteiger partial charge in [0.2, 0.25) is 0 Å². The highest BCUT2D eigenvalue weighted by Crippen LogP contribution is 2.20. The molecule has 1 atom stereocenters. The summed E-state index contributed by atoms with van der Waals surface area (Å²) in [6, 6.07) is 13.1. The molecule has 5 heteroatoms. The van der Waals surface area contributed by atoms with E-state index < -0.39 is 0 Å². The topological polar surface area (TPSA) is 46.9 Å². The monoisotopic (exact) mass is 311 g/mol. The number of hydrogen-bond acceptors (Lipinski definition) is 3. The number of hydrogen-bond donors (Lipinski definition) is 1. The minimum Gasteiger partial charge on any atom is -0.310 e. The summed E-state index contributed by atoms with van der Waals surface area (Å²) in [5.41, 5.74) is 1.13. The number of benzene rings is 2. The third-order valence-electron chi connectivity index (χ3n) is 3.95. The summed E-state index contributed by atoms with van der Waals surface area (Å²) >= 11 is 0. The largest absolute Gasteiger partial charge is 0.310 e. The van der Waals surface area contributed by atoms with Crippen LogP contribution in [-0.2, 0) is 0 Å². The van der Waals surface area contributed by atoms with Gasteiger partial charge in [0, 0.05) is 0 Å². The van der Waals surface area contributed by atoms with Crippen LogP contribution in [0, 0.1) is 5.82 Å². The number of rotatable bonds is 4. The van der Waals surface area contributed by atoms with E-state index in [1.165, 1.54) is 12.1 Å². The molecule has 0 bridgehead atoms. The highest BCUT2D eigenvalue weighted by molar-refractivity contribution is 5.77. The molecule has 0 aliphatic carbocycles. The molecule has 1 N–H and O–H groups in total. The van der Waals surface area contributed by atoms with Crippen molar-refractivity contribution in [3.63, 3.8) is 0 Å². The van der Waals surface area contributed by atoms with E-state index in [2.05, 4.69) is 10.3 Å². The lowest BCUT2D eigenvalue weighted by Gasteiger charge is -2.20. The maximum absolute atomic E-state index is 13.2. The highest BCUT2D eigenvalue weighted by Gasteiger charge is 2.18. The Bertz CT molecular complexity index is 883. The number of para-hydroxylation sites is 1. The van der Waals surface area contributed by atoms with Gasteiger partial charge in [-0.25, -0.2) is 9.37 Å². The average molecular weight is 311 g/mol. The smallest absolute Gasteiger partial charge is 0.266 e. The Balaban J connectivity index is 2.36. The van der Waals surface area contributed by atoms with E-state index >= 15 is 0 Å². The third kappa shape index (κ3) is 2.75. The predicted octanol–water partition coefficient (Wildman–Crippen LogP) is 3.20. The molecule has 0 radical (unpaired) electrons. The van der Waals surface area contributed by atoms with Crippen molar-refractivity contribution in [1.29, 1.82) is 0 Å². The summed E-state index contributed by atoms with van der Waals surface area (Å²) in [4.78, 5) is 17.7. The summed E-state index contributed by atoms with van der Waals surface area (Å²) in [6.07, 6.45) is 0.780. The maximum Gasteiger partial charge on any atom is 0.266 e. The van der Waals surface area contributed by atoms with E-state index in [9.17, 15) is 9.18 Å². The Hall–Kier alpha value is -2.53. The summed E-state index contributed by atoms with van der Waals surface area (Å²) in [5, 5.41) is 3.73. The van der Waals surface area contributed by atoms with Gasteiger partial charge in [-0.15, -0.1) is 0 Å². The Morgan fingerprint density at radius 1 is 1.17 bits per heavy atom. The van der Waals surface area contributed by atoms with Crippen molar-refractivity contribution >= 4 is 10.9 Å². The van der Waals surface area contributed by atoms with Gasteiger partial charge in [0.25, 0.3) is 5.56 Å². The van der Waals surface area contributed by atoms with Crippen molar-refractivity contribution in [2.24, 2.45) is 0 Å². The van der Waals surface area contributed by atoms with Gasteiger partial charge in [-0.05, 0) is 49.9 Å². The van der Waals surface area contributed by atoms with Crippen LogP contribution >= 0.6 is 0 Å². The Morgan fingerprint density at radius 3 is 2.52 bits per heavy atom. The van der Waals surface area contributed by atoms with Crippen molar-refractivity contribution < 1.29 is 4.39 Å². The van der Waals surface area contributed by atoms with E-state index in [1.807, 2.05) is 32.2 Å². The zero-order chi connectivity index (χ0) is 16.4. The van der Waals surface area contributed by atoms with Gasteiger partial charge in [0.15, 0.2) is 0 Å². The zero-order valence-corrected chi connectivity index (χ0v) is 13.1.